The first-order chi connectivity index (χ1) is 11.4. The normalized spacial score (nSPS) is 11.3. The van der Waals surface area contributed by atoms with Crippen LogP contribution in [0.2, 0.25) is 0 Å². The van der Waals surface area contributed by atoms with E-state index in [1.165, 1.54) is 41.5 Å². The minimum atomic E-state index is -4.72. The van der Waals surface area contributed by atoms with Gasteiger partial charge in [0.2, 0.25) is 0 Å². The number of rotatable bonds is 4. The van der Waals surface area contributed by atoms with E-state index in [1.54, 1.807) is 24.3 Å². The summed E-state index contributed by atoms with van der Waals surface area (Å²) in [6, 6.07) is 12.5. The van der Waals surface area contributed by atoms with Gasteiger partial charge in [-0.2, -0.15) is 0 Å². The Morgan fingerprint density at radius 3 is 2.25 bits per heavy atom. The SMILES string of the molecule is N=Cc1ccc(-c2ncn(-c3ccc(OC(F)(F)F)cc3)n2)cc1. The molecular formula is C16H11F3N4O. The van der Waals surface area contributed by atoms with E-state index >= 15 is 0 Å². The molecule has 0 aliphatic rings. The maximum atomic E-state index is 12.1. The fraction of sp³-hybridized carbons (Fsp3) is 0.0625. The van der Waals surface area contributed by atoms with Crippen molar-refractivity contribution in [2.24, 2.45) is 0 Å². The van der Waals surface area contributed by atoms with Crippen LogP contribution < -0.4 is 4.74 Å². The first kappa shape index (κ1) is 15.7. The zero-order valence-electron chi connectivity index (χ0n) is 12.2. The monoisotopic (exact) mass is 332 g/mol. The molecule has 0 bridgehead atoms. The largest absolute Gasteiger partial charge is 0.573 e. The summed E-state index contributed by atoms with van der Waals surface area (Å²) >= 11 is 0. The van der Waals surface area contributed by atoms with Crippen LogP contribution in [0.3, 0.4) is 0 Å². The van der Waals surface area contributed by atoms with Gasteiger partial charge in [0.1, 0.15) is 12.1 Å². The first-order valence-electron chi connectivity index (χ1n) is 6.83. The molecule has 0 fully saturated rings. The molecule has 0 aliphatic carbocycles. The molecule has 24 heavy (non-hydrogen) atoms. The molecule has 0 unspecified atom stereocenters. The highest BCUT2D eigenvalue weighted by atomic mass is 19.4. The topological polar surface area (TPSA) is 63.8 Å². The number of nitrogens with zero attached hydrogens (tertiary/aromatic N) is 3. The number of nitrogens with one attached hydrogen (secondary N) is 1. The predicted molar refractivity (Wildman–Crippen MR) is 81.4 cm³/mol. The third-order valence-electron chi connectivity index (χ3n) is 3.16. The van der Waals surface area contributed by atoms with Crippen molar-refractivity contribution in [2.45, 2.75) is 6.36 Å². The lowest BCUT2D eigenvalue weighted by molar-refractivity contribution is -0.274. The van der Waals surface area contributed by atoms with Crippen molar-refractivity contribution in [1.82, 2.24) is 14.8 Å². The maximum absolute atomic E-state index is 12.1. The Bertz CT molecular complexity index is 839. The maximum Gasteiger partial charge on any atom is 0.573 e. The molecule has 122 valence electrons. The van der Waals surface area contributed by atoms with E-state index in [0.29, 0.717) is 11.5 Å². The smallest absolute Gasteiger partial charge is 0.406 e. The van der Waals surface area contributed by atoms with Gasteiger partial charge in [-0.3, -0.25) is 0 Å². The zero-order chi connectivity index (χ0) is 17.2. The van der Waals surface area contributed by atoms with Gasteiger partial charge in [-0.05, 0) is 29.8 Å². The van der Waals surface area contributed by atoms with Gasteiger partial charge in [-0.15, -0.1) is 18.3 Å². The minimum absolute atomic E-state index is 0.297. The fourth-order valence-electron chi connectivity index (χ4n) is 2.05. The first-order valence-corrected chi connectivity index (χ1v) is 6.83. The van der Waals surface area contributed by atoms with Crippen molar-refractivity contribution in [2.75, 3.05) is 0 Å². The Balaban J connectivity index is 1.80. The van der Waals surface area contributed by atoms with Crippen LogP contribution in [0.15, 0.2) is 54.9 Å². The molecular weight excluding hydrogens is 321 g/mol. The standard InChI is InChI=1S/C16H11F3N4O/c17-16(18,19)24-14-7-5-13(6-8-14)23-10-21-15(22-23)12-3-1-11(9-20)2-4-12/h1-10,20H. The van der Waals surface area contributed by atoms with Gasteiger partial charge in [-0.25, -0.2) is 9.67 Å². The van der Waals surface area contributed by atoms with Crippen molar-refractivity contribution in [3.05, 3.63) is 60.4 Å². The number of hydrogen-bond acceptors (Lipinski definition) is 4. The number of ether oxygens (including phenoxy) is 1. The van der Waals surface area contributed by atoms with E-state index in [-0.39, 0.29) is 5.75 Å². The lowest BCUT2D eigenvalue weighted by atomic mass is 10.1. The second-order valence-corrected chi connectivity index (χ2v) is 4.82. The molecule has 0 amide bonds. The molecule has 8 heteroatoms. The molecule has 0 aliphatic heterocycles. The highest BCUT2D eigenvalue weighted by Gasteiger charge is 2.30. The number of aromatic nitrogens is 3. The van der Waals surface area contributed by atoms with Gasteiger partial charge in [-0.1, -0.05) is 24.3 Å². The molecule has 2 aromatic carbocycles. The molecule has 1 N–H and O–H groups in total. The molecule has 1 heterocycles. The average molecular weight is 332 g/mol. The lowest BCUT2D eigenvalue weighted by Gasteiger charge is -2.09. The molecule has 0 saturated carbocycles. The van der Waals surface area contributed by atoms with E-state index in [4.69, 9.17) is 5.41 Å². The Morgan fingerprint density at radius 1 is 1.00 bits per heavy atom. The molecule has 5 nitrogen and oxygen atoms in total. The van der Waals surface area contributed by atoms with E-state index < -0.39 is 6.36 Å². The van der Waals surface area contributed by atoms with Crippen LogP contribution in [0, 0.1) is 5.41 Å². The molecule has 3 aromatic rings. The van der Waals surface area contributed by atoms with Gasteiger partial charge < -0.3 is 10.1 Å². The van der Waals surface area contributed by atoms with Crippen molar-refractivity contribution in [1.29, 1.82) is 5.41 Å². The molecule has 3 rings (SSSR count). The molecule has 0 radical (unpaired) electrons. The molecule has 0 saturated heterocycles. The van der Waals surface area contributed by atoms with Crippen molar-refractivity contribution < 1.29 is 17.9 Å². The molecule has 1 aromatic heterocycles. The van der Waals surface area contributed by atoms with E-state index in [1.807, 2.05) is 0 Å². The fourth-order valence-corrected chi connectivity index (χ4v) is 2.05. The quantitative estimate of drug-likeness (QED) is 0.739. The highest BCUT2D eigenvalue weighted by Crippen LogP contribution is 2.24. The second-order valence-electron chi connectivity index (χ2n) is 4.82. The highest BCUT2D eigenvalue weighted by molar-refractivity contribution is 5.78. The summed E-state index contributed by atoms with van der Waals surface area (Å²) in [6.07, 6.45) is -2.01. The Kier molecular flexibility index (Phi) is 4.03. The van der Waals surface area contributed by atoms with Crippen LogP contribution in [0.5, 0.6) is 5.75 Å². The predicted octanol–water partition coefficient (Wildman–Crippen LogP) is 3.83. The zero-order valence-corrected chi connectivity index (χ0v) is 12.2. The van der Waals surface area contributed by atoms with Gasteiger partial charge in [0, 0.05) is 11.8 Å². The Morgan fingerprint density at radius 2 is 1.67 bits per heavy atom. The van der Waals surface area contributed by atoms with Crippen molar-refractivity contribution >= 4 is 6.21 Å². The number of alkyl halides is 3. The van der Waals surface area contributed by atoms with Crippen LogP contribution in [-0.2, 0) is 0 Å². The summed E-state index contributed by atoms with van der Waals surface area (Å²) in [5, 5.41) is 11.5. The number of halogens is 3. The Labute approximate surface area is 134 Å². The number of benzene rings is 2. The molecule has 0 spiro atoms. The van der Waals surface area contributed by atoms with Crippen LogP contribution in [0.4, 0.5) is 13.2 Å². The average Bonchev–Trinajstić information content (AvgIpc) is 3.04. The van der Waals surface area contributed by atoms with Gasteiger partial charge in [0.25, 0.3) is 0 Å². The van der Waals surface area contributed by atoms with Gasteiger partial charge >= 0.3 is 6.36 Å². The number of hydrogen-bond donors (Lipinski definition) is 1. The van der Waals surface area contributed by atoms with Gasteiger partial charge in [0.15, 0.2) is 5.82 Å². The third-order valence-corrected chi connectivity index (χ3v) is 3.16. The lowest BCUT2D eigenvalue weighted by Crippen LogP contribution is -2.17. The van der Waals surface area contributed by atoms with Gasteiger partial charge in [0.05, 0.1) is 5.69 Å². The van der Waals surface area contributed by atoms with Crippen LogP contribution in [0.25, 0.3) is 17.1 Å². The van der Waals surface area contributed by atoms with Crippen LogP contribution >= 0.6 is 0 Å². The summed E-state index contributed by atoms with van der Waals surface area (Å²) in [6.45, 7) is 0. The minimum Gasteiger partial charge on any atom is -0.406 e. The summed E-state index contributed by atoms with van der Waals surface area (Å²) in [4.78, 5) is 4.18. The molecule has 0 atom stereocenters. The summed E-state index contributed by atoms with van der Waals surface area (Å²) in [5.41, 5.74) is 2.09. The summed E-state index contributed by atoms with van der Waals surface area (Å²) in [5.74, 6) is 0.177. The van der Waals surface area contributed by atoms with E-state index in [9.17, 15) is 13.2 Å². The van der Waals surface area contributed by atoms with Crippen LogP contribution in [0.1, 0.15) is 5.56 Å². The summed E-state index contributed by atoms with van der Waals surface area (Å²) < 4.78 is 41.7. The third kappa shape index (κ3) is 3.60. The summed E-state index contributed by atoms with van der Waals surface area (Å²) in [7, 11) is 0. The van der Waals surface area contributed by atoms with Crippen molar-refractivity contribution in [3.8, 4) is 22.8 Å². The second kappa shape index (κ2) is 6.15. The van der Waals surface area contributed by atoms with E-state index in [2.05, 4.69) is 14.8 Å². The van der Waals surface area contributed by atoms with E-state index in [0.717, 1.165) is 11.1 Å². The van der Waals surface area contributed by atoms with Crippen LogP contribution in [-0.4, -0.2) is 27.3 Å². The Hall–Kier alpha value is -3.16. The van der Waals surface area contributed by atoms with Crippen molar-refractivity contribution in [3.63, 3.8) is 0 Å².